The summed E-state index contributed by atoms with van der Waals surface area (Å²) >= 11 is 0. The first-order valence-corrected chi connectivity index (χ1v) is 4.56. The standard InChI is InChI=1S/C5H10N3O2P/c6-3-5(7)1-2-8-4-11(9)10/h5,8H,1-2,4,7H2/p+1. The Labute approximate surface area is 66.1 Å². The Morgan fingerprint density at radius 1 is 1.82 bits per heavy atom. The van der Waals surface area contributed by atoms with Gasteiger partial charge in [0.15, 0.2) is 0 Å². The summed E-state index contributed by atoms with van der Waals surface area (Å²) in [6, 6.07) is 1.37. The van der Waals surface area contributed by atoms with E-state index in [4.69, 9.17) is 15.9 Å². The maximum absolute atomic E-state index is 10.1. The summed E-state index contributed by atoms with van der Waals surface area (Å²) in [5, 5.41) is 10.9. The molecule has 0 aliphatic carbocycles. The van der Waals surface area contributed by atoms with Crippen LogP contribution >= 0.6 is 8.03 Å². The number of nitrogens with one attached hydrogen (secondary N) is 1. The zero-order valence-corrected chi connectivity index (χ0v) is 6.92. The van der Waals surface area contributed by atoms with Gasteiger partial charge in [0.1, 0.15) is 0 Å². The first-order valence-electron chi connectivity index (χ1n) is 3.16. The minimum absolute atomic E-state index is 0.0630. The summed E-state index contributed by atoms with van der Waals surface area (Å²) in [4.78, 5) is 8.33. The number of nitrogens with two attached hydrogens (primary N) is 1. The third-order valence-corrected chi connectivity index (χ3v) is 1.54. The predicted molar refractivity (Wildman–Crippen MR) is 40.9 cm³/mol. The van der Waals surface area contributed by atoms with Gasteiger partial charge in [0.2, 0.25) is 6.29 Å². The highest BCUT2D eigenvalue weighted by Crippen LogP contribution is 2.07. The first-order chi connectivity index (χ1) is 5.16. The fourth-order valence-corrected chi connectivity index (χ4v) is 0.846. The van der Waals surface area contributed by atoms with Crippen LogP contribution in [0.5, 0.6) is 0 Å². The Morgan fingerprint density at radius 3 is 2.91 bits per heavy atom. The van der Waals surface area contributed by atoms with Crippen molar-refractivity contribution in [2.75, 3.05) is 12.8 Å². The molecule has 0 bridgehead atoms. The highest BCUT2D eigenvalue weighted by molar-refractivity contribution is 7.37. The molecule has 0 aromatic heterocycles. The van der Waals surface area contributed by atoms with Gasteiger partial charge in [0, 0.05) is 6.54 Å². The Bertz CT molecular complexity index is 168. The van der Waals surface area contributed by atoms with E-state index in [-0.39, 0.29) is 6.29 Å². The fraction of sp³-hybridized carbons (Fsp3) is 0.800. The lowest BCUT2D eigenvalue weighted by Gasteiger charge is -1.99. The number of nitriles is 1. The molecule has 0 aromatic rings. The van der Waals surface area contributed by atoms with Gasteiger partial charge in [-0.25, -0.2) is 0 Å². The molecule has 62 valence electrons. The Kier molecular flexibility index (Phi) is 5.90. The van der Waals surface area contributed by atoms with Crippen LogP contribution in [0.15, 0.2) is 0 Å². The fourth-order valence-electron chi connectivity index (χ4n) is 0.497. The van der Waals surface area contributed by atoms with Crippen molar-refractivity contribution in [2.45, 2.75) is 12.5 Å². The highest BCUT2D eigenvalue weighted by atomic mass is 31.1. The quantitative estimate of drug-likeness (QED) is 0.387. The average Bonchev–Trinajstić information content (AvgIpc) is 1.97. The molecule has 0 spiro atoms. The smallest absolute Gasteiger partial charge is 0.316 e. The van der Waals surface area contributed by atoms with Gasteiger partial charge in [-0.05, 0) is 11.0 Å². The van der Waals surface area contributed by atoms with Crippen LogP contribution in [0.1, 0.15) is 6.42 Å². The van der Waals surface area contributed by atoms with Crippen LogP contribution in [0.2, 0.25) is 0 Å². The van der Waals surface area contributed by atoms with Crippen LogP contribution in [0.4, 0.5) is 0 Å². The second kappa shape index (κ2) is 6.20. The monoisotopic (exact) mass is 176 g/mol. The summed E-state index contributed by atoms with van der Waals surface area (Å²) in [5.41, 5.74) is 5.25. The first kappa shape index (κ1) is 10.5. The van der Waals surface area contributed by atoms with E-state index in [9.17, 15) is 4.57 Å². The summed E-state index contributed by atoms with van der Waals surface area (Å²) in [7, 11) is -2.12. The molecular weight excluding hydrogens is 165 g/mol. The summed E-state index contributed by atoms with van der Waals surface area (Å²) in [6.07, 6.45) is 0.563. The number of hydrogen-bond donors (Lipinski definition) is 3. The van der Waals surface area contributed by atoms with Crippen molar-refractivity contribution in [3.05, 3.63) is 0 Å². The van der Waals surface area contributed by atoms with Crippen molar-refractivity contribution in [2.24, 2.45) is 5.73 Å². The van der Waals surface area contributed by atoms with Gasteiger partial charge in [-0.1, -0.05) is 0 Å². The number of nitrogens with zero attached hydrogens (tertiary/aromatic N) is 1. The van der Waals surface area contributed by atoms with Crippen molar-refractivity contribution < 1.29 is 9.46 Å². The van der Waals surface area contributed by atoms with E-state index >= 15 is 0 Å². The molecule has 0 aromatic carbocycles. The zero-order valence-electron chi connectivity index (χ0n) is 6.03. The van der Waals surface area contributed by atoms with E-state index in [1.165, 1.54) is 0 Å². The molecule has 11 heavy (non-hydrogen) atoms. The van der Waals surface area contributed by atoms with Gasteiger partial charge in [-0.3, -0.25) is 5.32 Å². The molecule has 0 radical (unpaired) electrons. The van der Waals surface area contributed by atoms with E-state index in [2.05, 4.69) is 5.32 Å². The molecule has 2 unspecified atom stereocenters. The Morgan fingerprint density at radius 2 is 2.45 bits per heavy atom. The van der Waals surface area contributed by atoms with Crippen molar-refractivity contribution in [3.8, 4) is 6.07 Å². The second-order valence-electron chi connectivity index (χ2n) is 2.03. The lowest BCUT2D eigenvalue weighted by atomic mass is 10.2. The van der Waals surface area contributed by atoms with Crippen LogP contribution in [0.25, 0.3) is 0 Å². The third-order valence-electron chi connectivity index (χ3n) is 1.05. The summed E-state index contributed by atoms with van der Waals surface area (Å²) < 4.78 is 10.1. The summed E-state index contributed by atoms with van der Waals surface area (Å²) in [6.45, 7) is 0.496. The minimum Gasteiger partial charge on any atom is -0.316 e. The van der Waals surface area contributed by atoms with Crippen LogP contribution in [-0.2, 0) is 4.57 Å². The average molecular weight is 176 g/mol. The zero-order chi connectivity index (χ0) is 8.69. The van der Waals surface area contributed by atoms with Gasteiger partial charge in [0.25, 0.3) is 0 Å². The van der Waals surface area contributed by atoms with Gasteiger partial charge in [-0.2, -0.15) is 10.2 Å². The van der Waals surface area contributed by atoms with Crippen molar-refractivity contribution >= 4 is 8.03 Å². The Hall–Kier alpha value is -0.530. The van der Waals surface area contributed by atoms with E-state index in [0.717, 1.165) is 0 Å². The molecule has 0 saturated heterocycles. The van der Waals surface area contributed by atoms with Gasteiger partial charge in [-0.15, -0.1) is 0 Å². The molecular formula is C5H11N3O2P+. The number of hydrogen-bond acceptors (Lipinski definition) is 4. The van der Waals surface area contributed by atoms with E-state index < -0.39 is 14.1 Å². The highest BCUT2D eigenvalue weighted by Gasteiger charge is 2.07. The lowest BCUT2D eigenvalue weighted by Crippen LogP contribution is -2.24. The SMILES string of the molecule is N#CC(N)CCNC[P+](=O)O. The molecule has 0 fully saturated rings. The largest absolute Gasteiger partial charge is 0.521 e. The molecule has 5 nitrogen and oxygen atoms in total. The molecule has 0 aliphatic rings. The topological polar surface area (TPSA) is 99.1 Å². The lowest BCUT2D eigenvalue weighted by molar-refractivity contribution is 0.495. The molecule has 0 amide bonds. The maximum Gasteiger partial charge on any atom is 0.521 e. The van der Waals surface area contributed by atoms with Crippen molar-refractivity contribution in [1.29, 1.82) is 5.26 Å². The Balaban J connectivity index is 3.16. The normalized spacial score (nSPS) is 13.7. The maximum atomic E-state index is 10.1. The summed E-state index contributed by atoms with van der Waals surface area (Å²) in [5.74, 6) is 0. The predicted octanol–water partition coefficient (Wildman–Crippen LogP) is -0.491. The van der Waals surface area contributed by atoms with Crippen molar-refractivity contribution in [1.82, 2.24) is 5.32 Å². The minimum atomic E-state index is -2.12. The molecule has 0 aliphatic heterocycles. The third kappa shape index (κ3) is 7.37. The van der Waals surface area contributed by atoms with Gasteiger partial charge in [0.05, 0.1) is 12.1 Å². The van der Waals surface area contributed by atoms with Crippen molar-refractivity contribution in [3.63, 3.8) is 0 Å². The van der Waals surface area contributed by atoms with Gasteiger partial charge < -0.3 is 5.73 Å². The van der Waals surface area contributed by atoms with Crippen LogP contribution in [-0.4, -0.2) is 23.8 Å². The van der Waals surface area contributed by atoms with Crippen LogP contribution < -0.4 is 11.1 Å². The van der Waals surface area contributed by atoms with Gasteiger partial charge >= 0.3 is 8.03 Å². The second-order valence-corrected chi connectivity index (χ2v) is 3.06. The van der Waals surface area contributed by atoms with E-state index in [0.29, 0.717) is 13.0 Å². The molecule has 4 N–H and O–H groups in total. The van der Waals surface area contributed by atoms with E-state index in [1.807, 2.05) is 6.07 Å². The molecule has 0 rings (SSSR count). The van der Waals surface area contributed by atoms with E-state index in [1.54, 1.807) is 0 Å². The molecule has 0 saturated carbocycles. The molecule has 0 heterocycles. The van der Waals surface area contributed by atoms with Crippen LogP contribution in [0, 0.1) is 11.3 Å². The van der Waals surface area contributed by atoms with Crippen LogP contribution in [0.3, 0.4) is 0 Å². The molecule has 6 heteroatoms. The number of rotatable bonds is 5. The molecule has 2 atom stereocenters.